The number of ether oxygens (including phenoxy) is 1. The van der Waals surface area contributed by atoms with E-state index in [9.17, 15) is 23.6 Å². The fraction of sp³-hybridized carbons (Fsp3) is 0.278. The lowest BCUT2D eigenvalue weighted by Gasteiger charge is -2.33. The number of nitrogens with zero attached hydrogens (tertiary/aromatic N) is 3. The summed E-state index contributed by atoms with van der Waals surface area (Å²) in [6.45, 7) is 0.957. The maximum atomic E-state index is 14.2. The van der Waals surface area contributed by atoms with Crippen LogP contribution in [0.3, 0.4) is 0 Å². The number of methoxy groups -OCH3 is 1. The number of aryl methyl sites for hydroxylation is 1. The van der Waals surface area contributed by atoms with E-state index < -0.39 is 47.3 Å². The predicted molar refractivity (Wildman–Crippen MR) is 94.4 cm³/mol. The molecule has 1 aromatic heterocycles. The van der Waals surface area contributed by atoms with Gasteiger partial charge < -0.3 is 15.0 Å². The first-order valence-electron chi connectivity index (χ1n) is 8.35. The molecule has 146 valence electrons. The van der Waals surface area contributed by atoms with Gasteiger partial charge in [-0.25, -0.2) is 13.9 Å². The van der Waals surface area contributed by atoms with Crippen LogP contribution in [0.5, 0.6) is 0 Å². The van der Waals surface area contributed by atoms with Gasteiger partial charge in [-0.2, -0.15) is 5.10 Å². The Labute approximate surface area is 158 Å². The molecule has 1 N–H and O–H groups in total. The molecule has 3 rings (SSSR count). The standard InChI is InChI=1S/C18H17FN4O5/c1-10-7-14(24)16(21-23(10)12-6-4-3-5-11(12)19)17(26)22-9-15(25)20-8-13(22)18(27)28-2/h3-7,13H,8-9H2,1-2H3,(H,20,25)/t13-/m1/s1. The minimum Gasteiger partial charge on any atom is -0.467 e. The van der Waals surface area contributed by atoms with Gasteiger partial charge in [0.1, 0.15) is 24.1 Å². The second kappa shape index (κ2) is 7.59. The van der Waals surface area contributed by atoms with Crippen molar-refractivity contribution in [3.63, 3.8) is 0 Å². The Hall–Kier alpha value is -3.56. The van der Waals surface area contributed by atoms with Crippen molar-refractivity contribution in [1.29, 1.82) is 0 Å². The molecule has 1 fully saturated rings. The van der Waals surface area contributed by atoms with E-state index in [0.717, 1.165) is 22.8 Å². The second-order valence-electron chi connectivity index (χ2n) is 6.14. The number of piperazine rings is 1. The van der Waals surface area contributed by atoms with E-state index in [2.05, 4.69) is 15.2 Å². The van der Waals surface area contributed by atoms with Crippen molar-refractivity contribution < 1.29 is 23.5 Å². The summed E-state index contributed by atoms with van der Waals surface area (Å²) in [5, 5.41) is 6.48. The Balaban J connectivity index is 2.07. The molecular weight excluding hydrogens is 371 g/mol. The molecule has 0 spiro atoms. The summed E-state index contributed by atoms with van der Waals surface area (Å²) in [5.74, 6) is -2.74. The van der Waals surface area contributed by atoms with Crippen molar-refractivity contribution in [3.8, 4) is 5.69 Å². The van der Waals surface area contributed by atoms with Gasteiger partial charge in [-0.05, 0) is 19.1 Å². The van der Waals surface area contributed by atoms with E-state index in [1.807, 2.05) is 0 Å². The lowest BCUT2D eigenvalue weighted by molar-refractivity contribution is -0.147. The normalized spacial score (nSPS) is 16.5. The van der Waals surface area contributed by atoms with E-state index >= 15 is 0 Å². The molecule has 1 atom stereocenters. The van der Waals surface area contributed by atoms with Crippen LogP contribution in [-0.2, 0) is 14.3 Å². The third kappa shape index (κ3) is 3.48. The number of amides is 2. The third-order valence-electron chi connectivity index (χ3n) is 4.31. The topological polar surface area (TPSA) is 111 Å². The molecule has 0 radical (unpaired) electrons. The molecule has 28 heavy (non-hydrogen) atoms. The zero-order valence-electron chi connectivity index (χ0n) is 15.1. The van der Waals surface area contributed by atoms with Crippen LogP contribution in [0.15, 0.2) is 35.1 Å². The summed E-state index contributed by atoms with van der Waals surface area (Å²) in [4.78, 5) is 50.0. The van der Waals surface area contributed by atoms with Crippen LogP contribution in [0, 0.1) is 12.7 Å². The number of hydrogen-bond acceptors (Lipinski definition) is 6. The van der Waals surface area contributed by atoms with Crippen LogP contribution in [-0.4, -0.2) is 58.7 Å². The van der Waals surface area contributed by atoms with Gasteiger partial charge in [-0.15, -0.1) is 0 Å². The molecule has 0 bridgehead atoms. The van der Waals surface area contributed by atoms with E-state index in [0.29, 0.717) is 5.69 Å². The van der Waals surface area contributed by atoms with Crippen LogP contribution < -0.4 is 10.7 Å². The zero-order chi connectivity index (χ0) is 20.4. The number of carbonyl (C=O) groups excluding carboxylic acids is 3. The largest absolute Gasteiger partial charge is 0.467 e. The molecule has 1 saturated heterocycles. The SMILES string of the molecule is COC(=O)[C@H]1CNC(=O)CN1C(=O)c1nn(-c2ccccc2F)c(C)cc1=O. The lowest BCUT2D eigenvalue weighted by Crippen LogP contribution is -2.60. The van der Waals surface area contributed by atoms with Gasteiger partial charge in [-0.1, -0.05) is 12.1 Å². The highest BCUT2D eigenvalue weighted by atomic mass is 19.1. The van der Waals surface area contributed by atoms with Crippen molar-refractivity contribution in [1.82, 2.24) is 20.0 Å². The highest BCUT2D eigenvalue weighted by Gasteiger charge is 2.38. The smallest absolute Gasteiger partial charge is 0.330 e. The van der Waals surface area contributed by atoms with Crippen LogP contribution in [0.4, 0.5) is 4.39 Å². The van der Waals surface area contributed by atoms with Gasteiger partial charge in [0.25, 0.3) is 5.91 Å². The summed E-state index contributed by atoms with van der Waals surface area (Å²) in [6.07, 6.45) is 0. The summed E-state index contributed by atoms with van der Waals surface area (Å²) in [5.41, 5.74) is -0.871. The number of aromatic nitrogens is 2. The van der Waals surface area contributed by atoms with E-state index in [1.54, 1.807) is 13.0 Å². The Kier molecular flexibility index (Phi) is 5.21. The number of hydrogen-bond donors (Lipinski definition) is 1. The minimum atomic E-state index is -1.10. The van der Waals surface area contributed by atoms with Crippen molar-refractivity contribution in [2.45, 2.75) is 13.0 Å². The molecule has 1 aliphatic rings. The summed E-state index contributed by atoms with van der Waals surface area (Å²) in [6, 6.07) is 5.79. The van der Waals surface area contributed by atoms with Crippen LogP contribution in [0.2, 0.25) is 0 Å². The van der Waals surface area contributed by atoms with Gasteiger partial charge in [-0.3, -0.25) is 14.4 Å². The van der Waals surface area contributed by atoms with Crippen molar-refractivity contribution in [2.75, 3.05) is 20.2 Å². The monoisotopic (exact) mass is 388 g/mol. The van der Waals surface area contributed by atoms with Crippen LogP contribution in [0.1, 0.15) is 16.2 Å². The number of nitrogens with one attached hydrogen (secondary N) is 1. The van der Waals surface area contributed by atoms with Gasteiger partial charge >= 0.3 is 5.97 Å². The first kappa shape index (κ1) is 19.2. The number of carbonyl (C=O) groups is 3. The molecule has 0 unspecified atom stereocenters. The number of benzene rings is 1. The average Bonchev–Trinajstić information content (AvgIpc) is 2.68. The van der Waals surface area contributed by atoms with E-state index in [4.69, 9.17) is 0 Å². The quantitative estimate of drug-likeness (QED) is 0.729. The molecular formula is C18H17FN4O5. The maximum Gasteiger partial charge on any atom is 0.330 e. The Morgan fingerprint density at radius 3 is 2.68 bits per heavy atom. The van der Waals surface area contributed by atoms with Crippen LogP contribution >= 0.6 is 0 Å². The molecule has 1 aromatic carbocycles. The number of para-hydroxylation sites is 1. The molecule has 2 aromatic rings. The Bertz CT molecular complexity index is 1020. The molecule has 0 saturated carbocycles. The number of esters is 1. The lowest BCUT2D eigenvalue weighted by atomic mass is 10.1. The second-order valence-corrected chi connectivity index (χ2v) is 6.14. The molecule has 0 aliphatic carbocycles. The third-order valence-corrected chi connectivity index (χ3v) is 4.31. The minimum absolute atomic E-state index is 0.0509. The average molecular weight is 388 g/mol. The Morgan fingerprint density at radius 2 is 2.00 bits per heavy atom. The highest BCUT2D eigenvalue weighted by Crippen LogP contribution is 2.15. The van der Waals surface area contributed by atoms with E-state index in [1.165, 1.54) is 18.2 Å². The van der Waals surface area contributed by atoms with E-state index in [-0.39, 0.29) is 12.2 Å². The maximum absolute atomic E-state index is 14.2. The van der Waals surface area contributed by atoms with Gasteiger partial charge in [0, 0.05) is 18.3 Å². The summed E-state index contributed by atoms with van der Waals surface area (Å²) >= 11 is 0. The van der Waals surface area contributed by atoms with Crippen LogP contribution in [0.25, 0.3) is 5.69 Å². The predicted octanol–water partition coefficient (Wildman–Crippen LogP) is -0.206. The molecule has 2 heterocycles. The summed E-state index contributed by atoms with van der Waals surface area (Å²) < 4.78 is 19.9. The molecule has 2 amide bonds. The number of rotatable bonds is 3. The molecule has 1 aliphatic heterocycles. The summed E-state index contributed by atoms with van der Waals surface area (Å²) in [7, 11) is 1.15. The fourth-order valence-corrected chi connectivity index (χ4v) is 2.90. The van der Waals surface area contributed by atoms with Gasteiger partial charge in [0.15, 0.2) is 5.69 Å². The molecule has 10 heteroatoms. The number of halogens is 1. The van der Waals surface area contributed by atoms with Crippen molar-refractivity contribution >= 4 is 17.8 Å². The van der Waals surface area contributed by atoms with Gasteiger partial charge in [0.2, 0.25) is 11.3 Å². The molecule has 9 nitrogen and oxygen atoms in total. The van der Waals surface area contributed by atoms with Crippen molar-refractivity contribution in [3.05, 3.63) is 57.8 Å². The first-order valence-corrected chi connectivity index (χ1v) is 8.35. The Morgan fingerprint density at radius 1 is 1.29 bits per heavy atom. The van der Waals surface area contributed by atoms with Crippen molar-refractivity contribution in [2.24, 2.45) is 0 Å². The zero-order valence-corrected chi connectivity index (χ0v) is 15.1. The first-order chi connectivity index (χ1) is 13.3. The highest BCUT2D eigenvalue weighted by molar-refractivity contribution is 5.98. The van der Waals surface area contributed by atoms with Gasteiger partial charge in [0.05, 0.1) is 7.11 Å². The fourth-order valence-electron chi connectivity index (χ4n) is 2.90.